The summed E-state index contributed by atoms with van der Waals surface area (Å²) in [6, 6.07) is 11.3. The Morgan fingerprint density at radius 3 is 2.82 bits per heavy atom. The molecule has 5 heteroatoms. The third-order valence-corrected chi connectivity index (χ3v) is 3.80. The fourth-order valence-electron chi connectivity index (χ4n) is 2.68. The third-order valence-electron chi connectivity index (χ3n) is 3.80. The van der Waals surface area contributed by atoms with Crippen molar-refractivity contribution >= 4 is 17.4 Å². The minimum absolute atomic E-state index is 0.292. The lowest BCUT2D eigenvalue weighted by Crippen LogP contribution is -2.35. The van der Waals surface area contributed by atoms with E-state index in [1.807, 2.05) is 24.3 Å². The van der Waals surface area contributed by atoms with Crippen molar-refractivity contribution < 1.29 is 14.3 Å². The highest BCUT2D eigenvalue weighted by Gasteiger charge is 2.21. The van der Waals surface area contributed by atoms with Crippen LogP contribution in [0.5, 0.6) is 5.75 Å². The number of amides is 2. The van der Waals surface area contributed by atoms with Crippen LogP contribution in [0, 0.1) is 5.82 Å². The van der Waals surface area contributed by atoms with E-state index in [0.29, 0.717) is 12.2 Å². The van der Waals surface area contributed by atoms with Crippen LogP contribution in [0.3, 0.4) is 0 Å². The Hall–Kier alpha value is -2.56. The zero-order valence-electron chi connectivity index (χ0n) is 12.1. The highest BCUT2D eigenvalue weighted by Crippen LogP contribution is 2.27. The number of phenolic OH excluding ortho intramolecular Hbond substituents is 1. The van der Waals surface area contributed by atoms with Crippen molar-refractivity contribution in [3.05, 3.63) is 53.8 Å². The number of hydrogen-bond acceptors (Lipinski definition) is 2. The maximum atomic E-state index is 13.4. The summed E-state index contributed by atoms with van der Waals surface area (Å²) in [5, 5.41) is 11.9. The number of anilines is 2. The minimum atomic E-state index is -0.755. The zero-order chi connectivity index (χ0) is 15.5. The van der Waals surface area contributed by atoms with Gasteiger partial charge in [0.05, 0.1) is 0 Å². The van der Waals surface area contributed by atoms with E-state index in [1.54, 1.807) is 4.90 Å². The van der Waals surface area contributed by atoms with E-state index in [9.17, 15) is 14.3 Å². The number of nitrogens with one attached hydrogen (secondary N) is 1. The van der Waals surface area contributed by atoms with E-state index in [1.165, 1.54) is 12.1 Å². The smallest absolute Gasteiger partial charge is 0.326 e. The number of carbonyl (C=O) groups excluding carboxylic acids is 1. The lowest BCUT2D eigenvalue weighted by Gasteiger charge is -2.23. The first-order chi connectivity index (χ1) is 10.6. The van der Waals surface area contributed by atoms with Gasteiger partial charge in [-0.3, -0.25) is 4.90 Å². The van der Waals surface area contributed by atoms with Crippen LogP contribution in [0.25, 0.3) is 0 Å². The Balaban J connectivity index is 1.84. The third kappa shape index (κ3) is 2.88. The highest BCUT2D eigenvalue weighted by molar-refractivity contribution is 6.02. The van der Waals surface area contributed by atoms with Crippen LogP contribution in [0.4, 0.5) is 20.6 Å². The van der Waals surface area contributed by atoms with Gasteiger partial charge in [-0.25, -0.2) is 9.18 Å². The van der Waals surface area contributed by atoms with Crippen molar-refractivity contribution in [3.8, 4) is 5.75 Å². The maximum Gasteiger partial charge on any atom is 0.326 e. The van der Waals surface area contributed by atoms with Crippen molar-refractivity contribution in [2.75, 3.05) is 16.8 Å². The molecule has 1 aliphatic heterocycles. The molecule has 2 aromatic rings. The highest BCUT2D eigenvalue weighted by atomic mass is 19.1. The van der Waals surface area contributed by atoms with Gasteiger partial charge in [-0.15, -0.1) is 0 Å². The van der Waals surface area contributed by atoms with Gasteiger partial charge in [0.15, 0.2) is 11.6 Å². The number of nitrogens with zero attached hydrogens (tertiary/aromatic N) is 1. The van der Waals surface area contributed by atoms with Crippen molar-refractivity contribution in [2.24, 2.45) is 0 Å². The number of aryl methyl sites for hydroxylation is 1. The summed E-state index contributed by atoms with van der Waals surface area (Å²) in [4.78, 5) is 14.2. The summed E-state index contributed by atoms with van der Waals surface area (Å²) in [7, 11) is 0. The second-order valence-electron chi connectivity index (χ2n) is 5.33. The van der Waals surface area contributed by atoms with Crippen LogP contribution >= 0.6 is 0 Å². The van der Waals surface area contributed by atoms with E-state index in [0.717, 1.165) is 36.6 Å². The van der Waals surface area contributed by atoms with E-state index in [-0.39, 0.29) is 6.03 Å². The Labute approximate surface area is 128 Å². The molecule has 0 aromatic heterocycles. The van der Waals surface area contributed by atoms with E-state index >= 15 is 0 Å². The Bertz CT molecular complexity index is 703. The molecule has 0 bridgehead atoms. The molecule has 0 radical (unpaired) electrons. The number of hydrogen-bond donors (Lipinski definition) is 2. The average Bonchev–Trinajstić information content (AvgIpc) is 2.73. The number of benzene rings is 2. The summed E-state index contributed by atoms with van der Waals surface area (Å²) in [6.45, 7) is 0.628. The van der Waals surface area contributed by atoms with Gasteiger partial charge in [0.2, 0.25) is 0 Å². The monoisotopic (exact) mass is 300 g/mol. The number of rotatable bonds is 1. The van der Waals surface area contributed by atoms with Crippen molar-refractivity contribution in [1.82, 2.24) is 0 Å². The first-order valence-corrected chi connectivity index (χ1v) is 7.30. The average molecular weight is 300 g/mol. The van der Waals surface area contributed by atoms with Crippen molar-refractivity contribution in [2.45, 2.75) is 19.3 Å². The number of urea groups is 1. The first kappa shape index (κ1) is 14.4. The minimum Gasteiger partial charge on any atom is -0.505 e. The summed E-state index contributed by atoms with van der Waals surface area (Å²) in [5.41, 5.74) is 2.37. The molecule has 3 rings (SSSR count). The lowest BCUT2D eigenvalue weighted by atomic mass is 10.1. The topological polar surface area (TPSA) is 52.6 Å². The van der Waals surface area contributed by atoms with Crippen LogP contribution in [0.15, 0.2) is 42.5 Å². The molecular formula is C17H17FN2O2. The number of phenols is 1. The molecule has 22 heavy (non-hydrogen) atoms. The second-order valence-corrected chi connectivity index (χ2v) is 5.33. The molecule has 0 aliphatic carbocycles. The molecule has 0 fully saturated rings. The Morgan fingerprint density at radius 2 is 2.00 bits per heavy atom. The number of aromatic hydroxyl groups is 1. The molecule has 1 heterocycles. The van der Waals surface area contributed by atoms with Gasteiger partial charge in [0, 0.05) is 24.0 Å². The Kier molecular flexibility index (Phi) is 3.96. The van der Waals surface area contributed by atoms with Gasteiger partial charge in [0.1, 0.15) is 0 Å². The van der Waals surface area contributed by atoms with Crippen LogP contribution in [-0.4, -0.2) is 17.7 Å². The summed E-state index contributed by atoms with van der Waals surface area (Å²) in [6.07, 6.45) is 2.91. The Morgan fingerprint density at radius 1 is 1.18 bits per heavy atom. The fourth-order valence-corrected chi connectivity index (χ4v) is 2.68. The zero-order valence-corrected chi connectivity index (χ0v) is 12.1. The molecule has 114 valence electrons. The lowest BCUT2D eigenvalue weighted by molar-refractivity contribution is 0.257. The summed E-state index contributed by atoms with van der Waals surface area (Å²) < 4.78 is 13.4. The predicted molar refractivity (Wildman–Crippen MR) is 83.8 cm³/mol. The molecule has 0 saturated heterocycles. The van der Waals surface area contributed by atoms with E-state index in [2.05, 4.69) is 5.32 Å². The number of fused-ring (bicyclic) bond motifs is 1. The maximum absolute atomic E-state index is 13.4. The van der Waals surface area contributed by atoms with E-state index in [4.69, 9.17) is 0 Å². The van der Waals surface area contributed by atoms with Crippen LogP contribution in [0.2, 0.25) is 0 Å². The van der Waals surface area contributed by atoms with Gasteiger partial charge in [-0.05, 0) is 43.0 Å². The SMILES string of the molecule is O=C(Nc1ccc(O)c(F)c1)N1CCCCc2ccccc21. The molecule has 1 aliphatic rings. The molecule has 0 unspecified atom stereocenters. The molecule has 0 spiro atoms. The number of carbonyl (C=O) groups is 1. The van der Waals surface area contributed by atoms with Gasteiger partial charge in [0.25, 0.3) is 0 Å². The molecule has 2 aromatic carbocycles. The number of halogens is 1. The molecule has 2 amide bonds. The number of para-hydroxylation sites is 1. The molecule has 0 atom stereocenters. The van der Waals surface area contributed by atoms with Gasteiger partial charge >= 0.3 is 6.03 Å². The summed E-state index contributed by atoms with van der Waals surface area (Å²) in [5.74, 6) is -1.19. The quantitative estimate of drug-likeness (QED) is 0.785. The van der Waals surface area contributed by atoms with Gasteiger partial charge in [-0.1, -0.05) is 18.2 Å². The van der Waals surface area contributed by atoms with Crippen molar-refractivity contribution in [1.29, 1.82) is 0 Å². The predicted octanol–water partition coefficient (Wildman–Crippen LogP) is 3.91. The van der Waals surface area contributed by atoms with Crippen LogP contribution in [0.1, 0.15) is 18.4 Å². The summed E-state index contributed by atoms with van der Waals surface area (Å²) >= 11 is 0. The second kappa shape index (κ2) is 6.05. The van der Waals surface area contributed by atoms with E-state index < -0.39 is 11.6 Å². The standard InChI is InChI=1S/C17H17FN2O2/c18-14-11-13(8-9-16(14)21)19-17(22)20-10-4-3-6-12-5-1-2-7-15(12)20/h1-2,5,7-9,11,21H,3-4,6,10H2,(H,19,22). The molecule has 2 N–H and O–H groups in total. The van der Waals surface area contributed by atoms with Crippen LogP contribution < -0.4 is 10.2 Å². The molecular weight excluding hydrogens is 283 g/mol. The van der Waals surface area contributed by atoms with Gasteiger partial charge in [-0.2, -0.15) is 0 Å². The largest absolute Gasteiger partial charge is 0.505 e. The fraction of sp³-hybridized carbons (Fsp3) is 0.235. The van der Waals surface area contributed by atoms with Crippen LogP contribution in [-0.2, 0) is 6.42 Å². The first-order valence-electron chi connectivity index (χ1n) is 7.30. The normalized spacial score (nSPS) is 14.1. The molecule has 4 nitrogen and oxygen atoms in total. The van der Waals surface area contributed by atoms with Crippen molar-refractivity contribution in [3.63, 3.8) is 0 Å². The molecule has 0 saturated carbocycles. The van der Waals surface area contributed by atoms with Gasteiger partial charge < -0.3 is 10.4 Å².